The highest BCUT2D eigenvalue weighted by Crippen LogP contribution is 2.18. The molecule has 4 heteroatoms. The van der Waals surface area contributed by atoms with Crippen LogP contribution in [0.5, 0.6) is 0 Å². The van der Waals surface area contributed by atoms with Gasteiger partial charge >= 0.3 is 0 Å². The van der Waals surface area contributed by atoms with Crippen LogP contribution in [0.3, 0.4) is 0 Å². The van der Waals surface area contributed by atoms with E-state index < -0.39 is 0 Å². The molecule has 1 aromatic carbocycles. The summed E-state index contributed by atoms with van der Waals surface area (Å²) in [6.07, 6.45) is 0. The zero-order valence-corrected chi connectivity index (χ0v) is 8.20. The Balaban J connectivity index is 2.51. The van der Waals surface area contributed by atoms with Crippen molar-refractivity contribution in [3.8, 4) is 11.4 Å². The van der Waals surface area contributed by atoms with Crippen LogP contribution in [0.15, 0.2) is 18.2 Å². The summed E-state index contributed by atoms with van der Waals surface area (Å²) >= 11 is 0. The van der Waals surface area contributed by atoms with Gasteiger partial charge in [0.05, 0.1) is 0 Å². The average molecular weight is 188 g/mol. The van der Waals surface area contributed by atoms with Gasteiger partial charge in [0, 0.05) is 5.56 Å². The second-order valence-corrected chi connectivity index (χ2v) is 3.42. The normalized spacial score (nSPS) is 10.4. The molecule has 14 heavy (non-hydrogen) atoms. The fraction of sp³-hybridized carbons (Fsp3) is 0.200. The molecule has 1 aromatic heterocycles. The lowest BCUT2D eigenvalue weighted by molar-refractivity contribution is 1.10. The third-order valence-electron chi connectivity index (χ3n) is 2.00. The van der Waals surface area contributed by atoms with Gasteiger partial charge in [0.25, 0.3) is 0 Å². The highest BCUT2D eigenvalue weighted by atomic mass is 15.3. The van der Waals surface area contributed by atoms with E-state index >= 15 is 0 Å². The van der Waals surface area contributed by atoms with Crippen molar-refractivity contribution in [3.63, 3.8) is 0 Å². The van der Waals surface area contributed by atoms with E-state index in [0.717, 1.165) is 5.56 Å². The summed E-state index contributed by atoms with van der Waals surface area (Å²) in [4.78, 5) is 4.07. The number of hydrogen-bond acceptors (Lipinski definition) is 3. The summed E-state index contributed by atoms with van der Waals surface area (Å²) in [5, 5.41) is 6.58. The molecule has 0 saturated carbocycles. The Morgan fingerprint density at radius 1 is 1.14 bits per heavy atom. The number of nitrogens with one attached hydrogen (secondary N) is 1. The molecule has 0 bridgehead atoms. The van der Waals surface area contributed by atoms with Crippen LogP contribution in [0.4, 0.5) is 5.95 Å². The maximum Gasteiger partial charge on any atom is 0.239 e. The molecule has 0 radical (unpaired) electrons. The lowest BCUT2D eigenvalue weighted by Crippen LogP contribution is -1.86. The number of H-pyrrole nitrogens is 1. The Labute approximate surface area is 82.2 Å². The summed E-state index contributed by atoms with van der Waals surface area (Å²) < 4.78 is 0. The smallest absolute Gasteiger partial charge is 0.239 e. The lowest BCUT2D eigenvalue weighted by Gasteiger charge is -2.00. The SMILES string of the molecule is Cc1cc(C)cc(-c2nc(N)n[nH]2)c1. The number of aromatic amines is 1. The topological polar surface area (TPSA) is 67.6 Å². The van der Waals surface area contributed by atoms with Gasteiger partial charge < -0.3 is 5.73 Å². The molecule has 0 aliphatic carbocycles. The first-order valence-corrected chi connectivity index (χ1v) is 4.42. The van der Waals surface area contributed by atoms with Crippen LogP contribution >= 0.6 is 0 Å². The third kappa shape index (κ3) is 1.59. The van der Waals surface area contributed by atoms with Crippen LogP contribution < -0.4 is 5.73 Å². The predicted octanol–water partition coefficient (Wildman–Crippen LogP) is 1.67. The average Bonchev–Trinajstić information content (AvgIpc) is 2.50. The Bertz CT molecular complexity index is 439. The molecular weight excluding hydrogens is 176 g/mol. The van der Waals surface area contributed by atoms with E-state index in [1.54, 1.807) is 0 Å². The van der Waals surface area contributed by atoms with Crippen LogP contribution in [-0.4, -0.2) is 15.2 Å². The van der Waals surface area contributed by atoms with Crippen LogP contribution in [0.25, 0.3) is 11.4 Å². The number of aromatic nitrogens is 3. The Morgan fingerprint density at radius 2 is 1.79 bits per heavy atom. The van der Waals surface area contributed by atoms with Crippen molar-refractivity contribution >= 4 is 5.95 Å². The lowest BCUT2D eigenvalue weighted by atomic mass is 10.1. The molecule has 0 spiro atoms. The molecule has 0 unspecified atom stereocenters. The number of nitrogen functional groups attached to an aromatic ring is 1. The van der Waals surface area contributed by atoms with Gasteiger partial charge in [-0.1, -0.05) is 17.2 Å². The summed E-state index contributed by atoms with van der Waals surface area (Å²) in [7, 11) is 0. The van der Waals surface area contributed by atoms with Gasteiger partial charge in [-0.05, 0) is 26.0 Å². The fourth-order valence-corrected chi connectivity index (χ4v) is 1.52. The zero-order valence-electron chi connectivity index (χ0n) is 8.20. The van der Waals surface area contributed by atoms with Gasteiger partial charge in [-0.3, -0.25) is 5.10 Å². The maximum absolute atomic E-state index is 5.44. The molecule has 0 aliphatic rings. The number of aryl methyl sites for hydroxylation is 2. The van der Waals surface area contributed by atoms with E-state index in [2.05, 4.69) is 35.1 Å². The quantitative estimate of drug-likeness (QED) is 0.715. The summed E-state index contributed by atoms with van der Waals surface area (Å²) in [6, 6.07) is 6.21. The van der Waals surface area contributed by atoms with Gasteiger partial charge in [0.15, 0.2) is 5.82 Å². The number of benzene rings is 1. The van der Waals surface area contributed by atoms with Crippen LogP contribution in [-0.2, 0) is 0 Å². The second-order valence-electron chi connectivity index (χ2n) is 3.42. The van der Waals surface area contributed by atoms with Crippen molar-refractivity contribution in [2.24, 2.45) is 0 Å². The largest absolute Gasteiger partial charge is 0.366 e. The number of hydrogen-bond donors (Lipinski definition) is 2. The fourth-order valence-electron chi connectivity index (χ4n) is 1.52. The molecule has 0 fully saturated rings. The van der Waals surface area contributed by atoms with Crippen molar-refractivity contribution in [1.29, 1.82) is 0 Å². The standard InChI is InChI=1S/C10H12N4/c1-6-3-7(2)5-8(4-6)9-12-10(11)14-13-9/h3-5H,1-2H3,(H3,11,12,13,14). The molecule has 3 N–H and O–H groups in total. The molecule has 0 aliphatic heterocycles. The van der Waals surface area contributed by atoms with Gasteiger partial charge in [0.2, 0.25) is 5.95 Å². The predicted molar refractivity (Wildman–Crippen MR) is 55.7 cm³/mol. The highest BCUT2D eigenvalue weighted by molar-refractivity contribution is 5.58. The molecule has 2 aromatic rings. The van der Waals surface area contributed by atoms with Crippen molar-refractivity contribution in [1.82, 2.24) is 15.2 Å². The first kappa shape index (κ1) is 8.74. The minimum absolute atomic E-state index is 0.277. The van der Waals surface area contributed by atoms with E-state index in [1.807, 2.05) is 12.1 Å². The highest BCUT2D eigenvalue weighted by Gasteiger charge is 2.03. The second kappa shape index (κ2) is 3.14. The monoisotopic (exact) mass is 188 g/mol. The first-order chi connectivity index (χ1) is 6.65. The summed E-state index contributed by atoms with van der Waals surface area (Å²) in [6.45, 7) is 4.10. The Kier molecular flexibility index (Phi) is 1.96. The van der Waals surface area contributed by atoms with E-state index in [0.29, 0.717) is 5.82 Å². The van der Waals surface area contributed by atoms with Gasteiger partial charge in [-0.25, -0.2) is 0 Å². The maximum atomic E-state index is 5.44. The number of nitrogens with zero attached hydrogens (tertiary/aromatic N) is 2. The van der Waals surface area contributed by atoms with Gasteiger partial charge in [0.1, 0.15) is 0 Å². The Morgan fingerprint density at radius 3 is 2.29 bits per heavy atom. The van der Waals surface area contributed by atoms with Crippen LogP contribution in [0.2, 0.25) is 0 Å². The molecule has 4 nitrogen and oxygen atoms in total. The minimum atomic E-state index is 0.277. The molecule has 0 atom stereocenters. The Hall–Kier alpha value is -1.84. The minimum Gasteiger partial charge on any atom is -0.366 e. The van der Waals surface area contributed by atoms with Crippen LogP contribution in [0.1, 0.15) is 11.1 Å². The van der Waals surface area contributed by atoms with E-state index in [1.165, 1.54) is 11.1 Å². The van der Waals surface area contributed by atoms with Crippen molar-refractivity contribution in [3.05, 3.63) is 29.3 Å². The third-order valence-corrected chi connectivity index (χ3v) is 2.00. The van der Waals surface area contributed by atoms with Crippen molar-refractivity contribution in [2.45, 2.75) is 13.8 Å². The van der Waals surface area contributed by atoms with Gasteiger partial charge in [-0.15, -0.1) is 5.10 Å². The number of anilines is 1. The molecule has 2 rings (SSSR count). The number of rotatable bonds is 1. The zero-order chi connectivity index (χ0) is 10.1. The van der Waals surface area contributed by atoms with Crippen LogP contribution in [0, 0.1) is 13.8 Å². The first-order valence-electron chi connectivity index (χ1n) is 4.42. The van der Waals surface area contributed by atoms with E-state index in [4.69, 9.17) is 5.73 Å². The van der Waals surface area contributed by atoms with E-state index in [-0.39, 0.29) is 5.95 Å². The molecular formula is C10H12N4. The van der Waals surface area contributed by atoms with Crippen molar-refractivity contribution < 1.29 is 0 Å². The summed E-state index contributed by atoms with van der Waals surface area (Å²) in [5.41, 5.74) is 8.87. The molecule has 1 heterocycles. The van der Waals surface area contributed by atoms with Crippen molar-refractivity contribution in [2.75, 3.05) is 5.73 Å². The number of nitrogens with two attached hydrogens (primary N) is 1. The summed E-state index contributed by atoms with van der Waals surface area (Å²) in [5.74, 6) is 0.994. The molecule has 0 amide bonds. The van der Waals surface area contributed by atoms with E-state index in [9.17, 15) is 0 Å². The molecule has 0 saturated heterocycles. The van der Waals surface area contributed by atoms with Gasteiger partial charge in [-0.2, -0.15) is 4.98 Å². The molecule has 72 valence electrons.